The van der Waals surface area contributed by atoms with Gasteiger partial charge in [0.15, 0.2) is 0 Å². The maximum Gasteiger partial charge on any atom is 0.0571 e. The summed E-state index contributed by atoms with van der Waals surface area (Å²) >= 11 is 0. The fraction of sp³-hybridized carbons (Fsp3) is 0. The molecule has 0 spiro atoms. The van der Waals surface area contributed by atoms with E-state index in [1.807, 2.05) is 85.2 Å². The third kappa shape index (κ3) is 34.5. The molecular formula is C59H39N5Y22-4. The maximum atomic E-state index is 4.37. The molecule has 86 heavy (non-hydrogen) atoms. The molecule has 9 aromatic carbocycles. The molecule has 27 heteroatoms. The summed E-state index contributed by atoms with van der Waals surface area (Å²) in [6.45, 7) is 0. The van der Waals surface area contributed by atoms with Crippen LogP contribution in [0.1, 0.15) is 0 Å². The van der Waals surface area contributed by atoms with Gasteiger partial charge in [-0.2, -0.15) is 97.1 Å². The van der Waals surface area contributed by atoms with E-state index in [0.717, 1.165) is 61.9 Å². The molecule has 0 amide bonds. The summed E-state index contributed by atoms with van der Waals surface area (Å²) in [5.41, 5.74) is 12.9. The summed E-state index contributed by atoms with van der Waals surface area (Å²) < 4.78 is 4.65. The van der Waals surface area contributed by atoms with Crippen LogP contribution in [0, 0.1) is 24.3 Å². The SMILES string of the molecule is [Y].[Y].[Y].[Y].[Y].[Y].[Y].[Y].[Y].[Y].[Y].[Y].[Y].[Y].[Y].[Y].[Y].[Y].[Y].[Y].[Y].[Y].[c-]1ccccc1N(c1[c-]cccc1)c1cccc(-n2c3ccccc3c3ccccc32)c1.[c-]1ccccc1N(c1[c-]cccc1)c1cccc(-n2c3ccccc3c3cnccc32)c1. The van der Waals surface area contributed by atoms with Gasteiger partial charge in [-0.3, -0.25) is 4.98 Å². The largest absolute Gasteiger partial charge is 0.358 e. The molecule has 12 rings (SSSR count). The Kier molecular flexibility index (Phi) is 104. The van der Waals surface area contributed by atoms with E-state index in [1.54, 1.807) is 0 Å². The van der Waals surface area contributed by atoms with Crippen molar-refractivity contribution >= 4 is 77.7 Å². The monoisotopic (exact) mass is 2770 g/mol. The first-order chi connectivity index (χ1) is 31.8. The summed E-state index contributed by atoms with van der Waals surface area (Å²) in [6, 6.07) is 90.7. The van der Waals surface area contributed by atoms with Gasteiger partial charge in [0, 0.05) is 776 Å². The number of rotatable bonds is 8. The molecule has 22 radical (unpaired) electrons. The van der Waals surface area contributed by atoms with Crippen LogP contribution < -0.4 is 9.80 Å². The number of pyridine rings is 1. The van der Waals surface area contributed by atoms with Crippen molar-refractivity contribution in [3.8, 4) is 11.4 Å². The molecule has 0 bridgehead atoms. The van der Waals surface area contributed by atoms with Gasteiger partial charge in [-0.15, -0.1) is 24.3 Å². The third-order valence-corrected chi connectivity index (χ3v) is 11.5. The van der Waals surface area contributed by atoms with Gasteiger partial charge in [-0.25, -0.2) is 0 Å². The quantitative estimate of drug-likeness (QED) is 0.142. The molecule has 12 aromatic rings. The van der Waals surface area contributed by atoms with Gasteiger partial charge in [0.2, 0.25) is 0 Å². The average molecular weight is 2770 g/mol. The first kappa shape index (κ1) is 128. The van der Waals surface area contributed by atoms with E-state index in [9.17, 15) is 0 Å². The van der Waals surface area contributed by atoms with E-state index < -0.39 is 0 Å². The van der Waals surface area contributed by atoms with Crippen molar-refractivity contribution in [3.63, 3.8) is 0 Å². The van der Waals surface area contributed by atoms with Crippen molar-refractivity contribution in [2.45, 2.75) is 0 Å². The summed E-state index contributed by atoms with van der Waals surface area (Å²) in [6.07, 6.45) is 3.80. The van der Waals surface area contributed by atoms with Crippen LogP contribution in [0.25, 0.3) is 55.0 Å². The van der Waals surface area contributed by atoms with Gasteiger partial charge < -0.3 is 18.9 Å². The average Bonchev–Trinajstić information content (AvgIpc) is 3.89. The van der Waals surface area contributed by atoms with Crippen LogP contribution >= 0.6 is 0 Å². The van der Waals surface area contributed by atoms with Crippen LogP contribution in [-0.2, 0) is 720 Å². The van der Waals surface area contributed by atoms with Crippen LogP contribution in [0.4, 0.5) is 34.1 Å². The van der Waals surface area contributed by atoms with Crippen LogP contribution in [0.15, 0.2) is 237 Å². The Hall–Kier alpha value is 15.6. The van der Waals surface area contributed by atoms with Crippen molar-refractivity contribution in [1.29, 1.82) is 0 Å². The van der Waals surface area contributed by atoms with E-state index in [1.165, 1.54) is 27.2 Å². The topological polar surface area (TPSA) is 29.2 Å². The van der Waals surface area contributed by atoms with Gasteiger partial charge in [-0.05, 0) is 60.7 Å². The zero-order valence-corrected chi connectivity index (χ0v) is 110. The Bertz CT molecular complexity index is 3150. The minimum Gasteiger partial charge on any atom is -0.358 e. The molecule has 0 fully saturated rings. The summed E-state index contributed by atoms with van der Waals surface area (Å²) in [5, 5.41) is 4.88. The predicted molar refractivity (Wildman–Crippen MR) is 264 cm³/mol. The zero-order valence-electron chi connectivity index (χ0n) is 47.5. The number of aromatic nitrogens is 3. The molecule has 0 aliphatic carbocycles. The standard InChI is InChI=1S/C30H20N2.C29H19N3.22Y/c1-3-12-23(13-4-1)31(24-14-5-2-6-15-24)25-16-11-17-26(22-25)32-29-20-9-7-18-27(29)28-19-8-10-21-30(28)32;1-3-10-22(11-4-1)31(23-12-5-2-6-13-23)24-14-9-15-25(20-24)32-28-17-8-7-16-26(28)27-21-30-19-18-29(27)32;;;;;;;;;;;;;;;;;;;;;;/h1-12,14,16-22H;1-10,12,14-21H;;;;;;;;;;;;;;;;;;;;;;/q2*-2;;;;;;;;;;;;;;;;;;;;;;. The molecule has 370 valence electrons. The molecule has 0 saturated carbocycles. The molecule has 0 N–H and O–H groups in total. The van der Waals surface area contributed by atoms with E-state index in [0.29, 0.717) is 0 Å². The minimum absolute atomic E-state index is 0. The Balaban J connectivity index is -0.000000101. The van der Waals surface area contributed by atoms with Crippen LogP contribution in [0.5, 0.6) is 0 Å². The maximum absolute atomic E-state index is 4.37. The Labute approximate surface area is 1060 Å². The van der Waals surface area contributed by atoms with Gasteiger partial charge >= 0.3 is 0 Å². The molecule has 3 aromatic heterocycles. The van der Waals surface area contributed by atoms with Crippen molar-refractivity contribution < 1.29 is 720 Å². The van der Waals surface area contributed by atoms with E-state index >= 15 is 0 Å². The Morgan fingerprint density at radius 2 is 0.523 bits per heavy atom. The second-order valence-corrected chi connectivity index (χ2v) is 15.3. The van der Waals surface area contributed by atoms with Gasteiger partial charge in [0.05, 0.1) is 22.1 Å². The van der Waals surface area contributed by atoms with E-state index in [2.05, 4.69) is 200 Å². The van der Waals surface area contributed by atoms with E-state index in [4.69, 9.17) is 0 Å². The van der Waals surface area contributed by atoms with Gasteiger partial charge in [-0.1, -0.05) is 89.5 Å². The summed E-state index contributed by atoms with van der Waals surface area (Å²) in [7, 11) is 0. The predicted octanol–water partition coefficient (Wildman–Crippen LogP) is 15.0. The number of nitrogens with zero attached hydrogens (tertiary/aromatic N) is 5. The van der Waals surface area contributed by atoms with Crippen molar-refractivity contribution in [2.75, 3.05) is 9.80 Å². The Morgan fingerprint density at radius 3 is 0.814 bits per heavy atom. The first-order valence-electron chi connectivity index (χ1n) is 21.3. The molecule has 5 nitrogen and oxygen atoms in total. The first-order valence-corrected chi connectivity index (χ1v) is 21.3. The number of para-hydroxylation sites is 7. The van der Waals surface area contributed by atoms with E-state index in [-0.39, 0.29) is 720 Å². The smallest absolute Gasteiger partial charge is 0.0571 e. The van der Waals surface area contributed by atoms with Crippen LogP contribution in [0.2, 0.25) is 0 Å². The molecular weight excluding hydrogens is 2730 g/mol. The Morgan fingerprint density at radius 1 is 0.256 bits per heavy atom. The molecule has 3 heterocycles. The fourth-order valence-corrected chi connectivity index (χ4v) is 8.74. The second kappa shape index (κ2) is 69.8. The molecule has 0 saturated heterocycles. The number of benzene rings is 9. The molecule has 0 atom stereocenters. The third-order valence-electron chi connectivity index (χ3n) is 11.5. The molecule has 0 aliphatic heterocycles. The zero-order chi connectivity index (χ0) is 42.7. The van der Waals surface area contributed by atoms with Crippen LogP contribution in [0.3, 0.4) is 0 Å². The number of anilines is 6. The van der Waals surface area contributed by atoms with Crippen molar-refractivity contribution in [1.82, 2.24) is 14.1 Å². The fourth-order valence-electron chi connectivity index (χ4n) is 8.74. The number of hydrogen-bond donors (Lipinski definition) is 0. The number of fused-ring (bicyclic) bond motifs is 6. The number of hydrogen-bond acceptors (Lipinski definition) is 3. The van der Waals surface area contributed by atoms with Gasteiger partial charge in [0.1, 0.15) is 0 Å². The van der Waals surface area contributed by atoms with Crippen LogP contribution in [-0.4, -0.2) is 14.1 Å². The molecule has 0 aliphatic rings. The molecule has 0 unspecified atom stereocenters. The van der Waals surface area contributed by atoms with Crippen molar-refractivity contribution in [3.05, 3.63) is 261 Å². The van der Waals surface area contributed by atoms with Gasteiger partial charge in [0.25, 0.3) is 0 Å². The summed E-state index contributed by atoms with van der Waals surface area (Å²) in [4.78, 5) is 8.74. The minimum atomic E-state index is 0. The second-order valence-electron chi connectivity index (χ2n) is 15.3. The summed E-state index contributed by atoms with van der Waals surface area (Å²) in [5.74, 6) is 0. The van der Waals surface area contributed by atoms with Crippen molar-refractivity contribution in [2.24, 2.45) is 0 Å². The normalized spacial score (nSPS) is 8.28.